The molecule has 23 heteroatoms. The van der Waals surface area contributed by atoms with Gasteiger partial charge in [0.15, 0.2) is 0 Å². The Balaban J connectivity index is 0.000000304. The van der Waals surface area contributed by atoms with Gasteiger partial charge in [-0.2, -0.15) is 0 Å². The fourth-order valence-corrected chi connectivity index (χ4v) is 15.8. The van der Waals surface area contributed by atoms with Crippen LogP contribution in [-0.2, 0) is 54.1 Å². The maximum absolute atomic E-state index is 13.9. The summed E-state index contributed by atoms with van der Waals surface area (Å²) >= 11 is 0. The number of benzene rings is 5. The van der Waals surface area contributed by atoms with Gasteiger partial charge in [-0.3, -0.25) is 33.8 Å². The lowest BCUT2D eigenvalue weighted by Crippen LogP contribution is -2.45. The molecule has 20 nitrogen and oxygen atoms in total. The van der Waals surface area contributed by atoms with Crippen LogP contribution in [0.3, 0.4) is 0 Å². The molecule has 0 aromatic heterocycles. The number of esters is 1. The van der Waals surface area contributed by atoms with Gasteiger partial charge < -0.3 is 60.4 Å². The Morgan fingerprint density at radius 2 is 0.912 bits per heavy atom. The van der Waals surface area contributed by atoms with Crippen molar-refractivity contribution in [1.82, 2.24) is 15.1 Å². The van der Waals surface area contributed by atoms with E-state index < -0.39 is 26.4 Å². The fourth-order valence-electron chi connectivity index (χ4n) is 10.6. The number of nitrogens with two attached hydrogens (primary N) is 1. The summed E-state index contributed by atoms with van der Waals surface area (Å²) in [7, 11) is 8.23. The van der Waals surface area contributed by atoms with Crippen molar-refractivity contribution in [2.24, 2.45) is 11.7 Å². The summed E-state index contributed by atoms with van der Waals surface area (Å²) < 4.78 is 57.9. The fraction of sp³-hybridized carbons (Fsp3) is 0.561. The molecular formula is C57H86N4O16Si3. The van der Waals surface area contributed by atoms with E-state index in [4.69, 9.17) is 55.0 Å². The van der Waals surface area contributed by atoms with Crippen LogP contribution in [0.5, 0.6) is 0 Å². The zero-order valence-electron chi connectivity index (χ0n) is 49.1. The highest BCUT2D eigenvalue weighted by molar-refractivity contribution is 6.61. The molecule has 0 aliphatic carbocycles. The second-order valence-electron chi connectivity index (χ2n) is 19.6. The minimum absolute atomic E-state index is 0.182. The number of hydrogen-bond acceptors (Lipinski definition) is 18. The van der Waals surface area contributed by atoms with Crippen LogP contribution in [0.25, 0.3) is 43.1 Å². The van der Waals surface area contributed by atoms with E-state index >= 15 is 0 Å². The standard InChI is InChI=1S/C38H40N2O7Si.C13H29NO6Si.C6H17NO3Si/c1-6-8-10-22(7-2)21-40-37(43)29-17-13-25-23-11-15-27-33-28(36(42)39(35(27)41)19-9-20-48(45-3,46-4)47-5)16-12-24(31(23)33)26-14-18-30(38(40)44)34(29)32(25)26;1-16-10-11-20-13(15)7-5-8-14-9-6-12-21(17-2,18-3)19-4;1-8-11(9-2,10-3)6-4-5-7/h11-18,22H,6-10,19-21H2,1-5H3;14H,5-12H2,1-4H3;4-7H2,1-3H3. The first kappa shape index (κ1) is 66.1. The molecule has 0 radical (unpaired) electrons. The molecule has 0 fully saturated rings. The van der Waals surface area contributed by atoms with Crippen molar-refractivity contribution < 1.29 is 73.3 Å². The number of rotatable bonds is 33. The van der Waals surface area contributed by atoms with Crippen LogP contribution < -0.4 is 11.1 Å². The molecule has 1 unspecified atom stereocenters. The molecule has 4 amide bonds. The number of fused-ring (bicyclic) bond motifs is 2. The molecule has 0 saturated carbocycles. The van der Waals surface area contributed by atoms with Crippen molar-refractivity contribution in [3.05, 3.63) is 70.8 Å². The summed E-state index contributed by atoms with van der Waals surface area (Å²) in [4.78, 5) is 69.7. The van der Waals surface area contributed by atoms with Crippen molar-refractivity contribution in [2.45, 2.75) is 89.8 Å². The quantitative estimate of drug-likeness (QED) is 0.0100. The molecule has 1 atom stereocenters. The lowest BCUT2D eigenvalue weighted by molar-refractivity contribution is -0.145. The second kappa shape index (κ2) is 31.7. The third-order valence-corrected chi connectivity index (χ3v) is 23.8. The Labute approximate surface area is 474 Å². The highest BCUT2D eigenvalue weighted by Gasteiger charge is 2.41. The van der Waals surface area contributed by atoms with Gasteiger partial charge in [-0.25, -0.2) is 0 Å². The number of ether oxygens (including phenoxy) is 2. The number of imide groups is 2. The summed E-state index contributed by atoms with van der Waals surface area (Å²) in [6, 6.07) is 17.0. The first-order valence-electron chi connectivity index (χ1n) is 27.6. The number of nitrogens with zero attached hydrogens (tertiary/aromatic N) is 2. The molecule has 3 N–H and O–H groups in total. The Morgan fingerprint density at radius 1 is 0.512 bits per heavy atom. The minimum atomic E-state index is -2.86. The summed E-state index contributed by atoms with van der Waals surface area (Å²) in [5.74, 6) is -1.10. The molecule has 2 aliphatic rings. The van der Waals surface area contributed by atoms with Gasteiger partial charge in [-0.05, 0) is 114 Å². The molecule has 0 bridgehead atoms. The van der Waals surface area contributed by atoms with Gasteiger partial charge in [0.1, 0.15) is 6.61 Å². The molecule has 2 aliphatic heterocycles. The molecule has 442 valence electrons. The van der Waals surface area contributed by atoms with Crippen LogP contribution in [0.2, 0.25) is 18.1 Å². The predicted octanol–water partition coefficient (Wildman–Crippen LogP) is 8.44. The van der Waals surface area contributed by atoms with Gasteiger partial charge in [0, 0.05) is 142 Å². The molecule has 80 heavy (non-hydrogen) atoms. The van der Waals surface area contributed by atoms with E-state index in [9.17, 15) is 24.0 Å². The zero-order chi connectivity index (χ0) is 58.6. The van der Waals surface area contributed by atoms with Crippen LogP contribution >= 0.6 is 0 Å². The summed E-state index contributed by atoms with van der Waals surface area (Å²) in [5, 5.41) is 9.80. The topological polar surface area (TPSA) is 231 Å². The molecule has 5 aromatic rings. The number of unbranched alkanes of at least 4 members (excludes halogenated alkanes) is 1. The Kier molecular flexibility index (Phi) is 26.2. The van der Waals surface area contributed by atoms with Crippen molar-refractivity contribution in [2.75, 3.05) is 117 Å². The largest absolute Gasteiger partial charge is 0.500 e. The first-order chi connectivity index (χ1) is 38.6. The Morgan fingerprint density at radius 3 is 1.30 bits per heavy atom. The maximum Gasteiger partial charge on any atom is 0.500 e. The van der Waals surface area contributed by atoms with Crippen LogP contribution in [0.15, 0.2) is 48.5 Å². The smallest absolute Gasteiger partial charge is 0.463 e. The van der Waals surface area contributed by atoms with E-state index in [1.165, 1.54) is 9.80 Å². The number of methoxy groups -OCH3 is 1. The van der Waals surface area contributed by atoms with E-state index in [1.54, 1.807) is 83.2 Å². The van der Waals surface area contributed by atoms with Crippen LogP contribution in [-0.4, -0.2) is 183 Å². The van der Waals surface area contributed by atoms with Gasteiger partial charge in [0.05, 0.1) is 6.61 Å². The molecule has 0 spiro atoms. The lowest BCUT2D eigenvalue weighted by Gasteiger charge is -2.31. The average Bonchev–Trinajstić information content (AvgIpc) is 3.68. The van der Waals surface area contributed by atoms with Crippen LogP contribution in [0.4, 0.5) is 0 Å². The second-order valence-corrected chi connectivity index (χ2v) is 28.9. The van der Waals surface area contributed by atoms with E-state index in [0.29, 0.717) is 78.2 Å². The molecular weight excluding hydrogens is 1080 g/mol. The lowest BCUT2D eigenvalue weighted by atomic mass is 9.82. The summed E-state index contributed by atoms with van der Waals surface area (Å²) in [5.41, 5.74) is 7.38. The van der Waals surface area contributed by atoms with Crippen LogP contribution in [0, 0.1) is 5.92 Å². The molecule has 2 heterocycles. The third kappa shape index (κ3) is 14.9. The number of nitrogens with one attached hydrogen (secondary N) is 1. The Bertz CT molecular complexity index is 2700. The number of amides is 4. The van der Waals surface area contributed by atoms with Crippen molar-refractivity contribution in [1.29, 1.82) is 0 Å². The highest BCUT2D eigenvalue weighted by atomic mass is 28.4. The van der Waals surface area contributed by atoms with E-state index in [1.807, 2.05) is 36.4 Å². The van der Waals surface area contributed by atoms with E-state index in [2.05, 4.69) is 19.2 Å². The first-order valence-corrected chi connectivity index (χ1v) is 33.4. The zero-order valence-corrected chi connectivity index (χ0v) is 52.1. The van der Waals surface area contributed by atoms with Gasteiger partial charge in [0.25, 0.3) is 23.6 Å². The monoisotopic (exact) mass is 1170 g/mol. The van der Waals surface area contributed by atoms with E-state index in [0.717, 1.165) is 102 Å². The molecule has 0 saturated heterocycles. The highest BCUT2D eigenvalue weighted by Crippen LogP contribution is 2.46. The number of hydrogen-bond donors (Lipinski definition) is 2. The predicted molar refractivity (Wildman–Crippen MR) is 314 cm³/mol. The summed E-state index contributed by atoms with van der Waals surface area (Å²) in [6.45, 7) is 7.91. The van der Waals surface area contributed by atoms with Crippen molar-refractivity contribution in [3.63, 3.8) is 0 Å². The van der Waals surface area contributed by atoms with Gasteiger partial charge in [0.2, 0.25) is 0 Å². The molecule has 7 rings (SSSR count). The van der Waals surface area contributed by atoms with E-state index in [-0.39, 0.29) is 42.1 Å². The third-order valence-electron chi connectivity index (χ3n) is 15.3. The average molecular weight is 1170 g/mol. The number of carbonyl (C=O) groups is 5. The molecule has 5 aromatic carbocycles. The Hall–Kier alpha value is -4.68. The van der Waals surface area contributed by atoms with Gasteiger partial charge in [-0.15, -0.1) is 0 Å². The van der Waals surface area contributed by atoms with Crippen LogP contribution in [0.1, 0.15) is 113 Å². The maximum atomic E-state index is 13.9. The SMILES string of the molecule is CCCCC(CC)CN1C(=O)c2ccc3c4ccc5c6c(ccc(c7ccc(c2c37)C1=O)c64)C(=O)N(CCC[Si](OC)(OC)OC)C5=O.COCCOC(=O)CCCNCCC[Si](OC)(OC)OC.CO[Si](CCCN)(OC)OC. The van der Waals surface area contributed by atoms with Crippen molar-refractivity contribution in [3.8, 4) is 0 Å². The summed E-state index contributed by atoms with van der Waals surface area (Å²) in [6.07, 6.45) is 7.46. The van der Waals surface area contributed by atoms with Crippen molar-refractivity contribution >= 4 is 99.1 Å². The van der Waals surface area contributed by atoms with Gasteiger partial charge in [-0.1, -0.05) is 57.4 Å². The van der Waals surface area contributed by atoms with Gasteiger partial charge >= 0.3 is 32.4 Å². The number of carbonyl (C=O) groups excluding carboxylic acids is 5. The normalized spacial score (nSPS) is 14.1. The minimum Gasteiger partial charge on any atom is -0.463 e.